The number of halogens is 1. The van der Waals surface area contributed by atoms with E-state index in [0.29, 0.717) is 0 Å². The molecule has 116 valence electrons. The maximum Gasteiger partial charge on any atom is 0.191 e. The maximum absolute atomic E-state index is 5.30. The van der Waals surface area contributed by atoms with Gasteiger partial charge in [-0.15, -0.1) is 24.0 Å². The van der Waals surface area contributed by atoms with Gasteiger partial charge in [0.05, 0.1) is 0 Å². The molecule has 4 nitrogen and oxygen atoms in total. The van der Waals surface area contributed by atoms with Gasteiger partial charge in [0.1, 0.15) is 0 Å². The Kier molecular flexibility index (Phi) is 20.8. The van der Waals surface area contributed by atoms with Crippen molar-refractivity contribution in [1.82, 2.24) is 10.6 Å². The van der Waals surface area contributed by atoms with E-state index in [9.17, 15) is 0 Å². The zero-order valence-corrected chi connectivity index (χ0v) is 15.7. The lowest BCUT2D eigenvalue weighted by Crippen LogP contribution is -2.38. The fourth-order valence-electron chi connectivity index (χ4n) is 1.42. The Morgan fingerprint density at radius 2 is 1.95 bits per heavy atom. The van der Waals surface area contributed by atoms with E-state index >= 15 is 0 Å². The van der Waals surface area contributed by atoms with Crippen LogP contribution in [0.4, 0.5) is 0 Å². The fraction of sp³-hybridized carbons (Fsp3) is 0.923. The molecule has 0 aromatic heterocycles. The van der Waals surface area contributed by atoms with Crippen LogP contribution in [0, 0.1) is 0 Å². The number of hydrogen-bond donors (Lipinski definition) is 2. The van der Waals surface area contributed by atoms with Gasteiger partial charge in [0.2, 0.25) is 0 Å². The van der Waals surface area contributed by atoms with Crippen molar-refractivity contribution in [3.8, 4) is 0 Å². The second-order valence-electron chi connectivity index (χ2n) is 3.94. The molecule has 0 atom stereocenters. The lowest BCUT2D eigenvalue weighted by molar-refractivity contribution is 0.143. The van der Waals surface area contributed by atoms with Gasteiger partial charge in [-0.05, 0) is 45.1 Å². The number of aliphatic imine (C=N–C) groups is 1. The Bertz CT molecular complexity index is 206. The molecule has 0 spiro atoms. The van der Waals surface area contributed by atoms with Crippen LogP contribution in [0.2, 0.25) is 0 Å². The van der Waals surface area contributed by atoms with E-state index in [1.54, 1.807) is 0 Å². The second kappa shape index (κ2) is 18.3. The lowest BCUT2D eigenvalue weighted by Gasteiger charge is -2.11. The van der Waals surface area contributed by atoms with Crippen LogP contribution in [0.15, 0.2) is 4.99 Å². The van der Waals surface area contributed by atoms with Crippen LogP contribution in [0.3, 0.4) is 0 Å². The number of unbranched alkanes of at least 4 members (excludes halogenated alkanes) is 1. The summed E-state index contributed by atoms with van der Waals surface area (Å²) in [6.45, 7) is 8.56. The summed E-state index contributed by atoms with van der Waals surface area (Å²) < 4.78 is 5.30. The molecule has 6 heteroatoms. The topological polar surface area (TPSA) is 45.7 Å². The van der Waals surface area contributed by atoms with Crippen molar-refractivity contribution in [2.45, 2.75) is 33.1 Å². The van der Waals surface area contributed by atoms with Gasteiger partial charge >= 0.3 is 0 Å². The molecule has 0 aliphatic rings. The highest BCUT2D eigenvalue weighted by Crippen LogP contribution is 1.95. The minimum atomic E-state index is 0. The van der Waals surface area contributed by atoms with Gasteiger partial charge in [-0.25, -0.2) is 0 Å². The summed E-state index contributed by atoms with van der Waals surface area (Å²) in [6, 6.07) is 0. The number of guanidine groups is 1. The first-order valence-corrected chi connectivity index (χ1v) is 8.33. The van der Waals surface area contributed by atoms with Crippen LogP contribution in [0.5, 0.6) is 0 Å². The molecule has 0 saturated carbocycles. The number of nitrogens with zero attached hydrogens (tertiary/aromatic N) is 1. The summed E-state index contributed by atoms with van der Waals surface area (Å²) in [5.74, 6) is 2.12. The molecular formula is C13H30IN3OS. The van der Waals surface area contributed by atoms with Crippen molar-refractivity contribution >= 4 is 41.7 Å². The largest absolute Gasteiger partial charge is 0.382 e. The average molecular weight is 403 g/mol. The molecule has 19 heavy (non-hydrogen) atoms. The monoisotopic (exact) mass is 403 g/mol. The van der Waals surface area contributed by atoms with E-state index in [4.69, 9.17) is 4.74 Å². The van der Waals surface area contributed by atoms with Crippen LogP contribution >= 0.6 is 35.7 Å². The standard InChI is InChI=1S/C13H29N3OS.HI/c1-4-14-13(16-10-8-12-18-3)15-9-6-7-11-17-5-2;/h4-12H2,1-3H3,(H2,14,15,16);1H. The number of ether oxygens (including phenoxy) is 1. The van der Waals surface area contributed by atoms with Crippen molar-refractivity contribution in [3.63, 3.8) is 0 Å². The zero-order chi connectivity index (χ0) is 13.5. The summed E-state index contributed by atoms with van der Waals surface area (Å²) in [6.07, 6.45) is 5.50. The molecule has 0 bridgehead atoms. The van der Waals surface area contributed by atoms with Gasteiger partial charge in [-0.1, -0.05) is 0 Å². The molecule has 0 radical (unpaired) electrons. The van der Waals surface area contributed by atoms with Crippen LogP contribution in [-0.2, 0) is 4.74 Å². The van der Waals surface area contributed by atoms with Gasteiger partial charge in [-0.2, -0.15) is 11.8 Å². The molecule has 2 N–H and O–H groups in total. The molecule has 0 fully saturated rings. The first kappa shape index (κ1) is 21.6. The highest BCUT2D eigenvalue weighted by atomic mass is 127. The lowest BCUT2D eigenvalue weighted by atomic mass is 10.3. The normalized spacial score (nSPS) is 11.0. The van der Waals surface area contributed by atoms with Crippen molar-refractivity contribution in [1.29, 1.82) is 0 Å². The quantitative estimate of drug-likeness (QED) is 0.241. The van der Waals surface area contributed by atoms with Crippen molar-refractivity contribution in [3.05, 3.63) is 0 Å². The Morgan fingerprint density at radius 3 is 2.58 bits per heavy atom. The Hall–Kier alpha value is 0.310. The molecule has 0 aliphatic carbocycles. The molecule has 0 aromatic carbocycles. The molecule has 0 aliphatic heterocycles. The van der Waals surface area contributed by atoms with Gasteiger partial charge < -0.3 is 15.4 Å². The van der Waals surface area contributed by atoms with Gasteiger partial charge in [0, 0.05) is 32.8 Å². The number of thioether (sulfide) groups is 1. The van der Waals surface area contributed by atoms with E-state index in [1.165, 1.54) is 5.75 Å². The SMILES string of the molecule is CCNC(=NCCCSC)NCCCCOCC.I. The number of hydrogen-bond acceptors (Lipinski definition) is 3. The van der Waals surface area contributed by atoms with Crippen molar-refractivity contribution in [2.24, 2.45) is 4.99 Å². The molecule has 0 amide bonds. The van der Waals surface area contributed by atoms with E-state index in [1.807, 2.05) is 18.7 Å². The second-order valence-corrected chi connectivity index (χ2v) is 4.92. The molecule has 0 aromatic rings. The van der Waals surface area contributed by atoms with Crippen LogP contribution in [0.1, 0.15) is 33.1 Å². The molecular weight excluding hydrogens is 373 g/mol. The van der Waals surface area contributed by atoms with Gasteiger partial charge in [0.25, 0.3) is 0 Å². The predicted octanol–water partition coefficient (Wildman–Crippen LogP) is 2.73. The minimum Gasteiger partial charge on any atom is -0.382 e. The predicted molar refractivity (Wildman–Crippen MR) is 98.1 cm³/mol. The molecule has 0 rings (SSSR count). The Labute approximate surface area is 139 Å². The summed E-state index contributed by atoms with van der Waals surface area (Å²) in [5.41, 5.74) is 0. The highest BCUT2D eigenvalue weighted by molar-refractivity contribution is 14.0. The summed E-state index contributed by atoms with van der Waals surface area (Å²) >= 11 is 1.87. The zero-order valence-electron chi connectivity index (χ0n) is 12.5. The third kappa shape index (κ3) is 16.3. The van der Waals surface area contributed by atoms with Gasteiger partial charge in [-0.3, -0.25) is 4.99 Å². The third-order valence-corrected chi connectivity index (χ3v) is 3.03. The molecule has 0 heterocycles. The highest BCUT2D eigenvalue weighted by Gasteiger charge is 1.96. The van der Waals surface area contributed by atoms with Gasteiger partial charge in [0.15, 0.2) is 5.96 Å². The fourth-order valence-corrected chi connectivity index (χ4v) is 1.84. The number of nitrogens with one attached hydrogen (secondary N) is 2. The van der Waals surface area contributed by atoms with Crippen molar-refractivity contribution in [2.75, 3.05) is 44.9 Å². The summed E-state index contributed by atoms with van der Waals surface area (Å²) in [5, 5.41) is 6.61. The van der Waals surface area contributed by atoms with E-state index < -0.39 is 0 Å². The molecule has 0 unspecified atom stereocenters. The van der Waals surface area contributed by atoms with Crippen LogP contribution < -0.4 is 10.6 Å². The average Bonchev–Trinajstić information content (AvgIpc) is 2.38. The van der Waals surface area contributed by atoms with E-state index in [0.717, 1.165) is 58.1 Å². The van der Waals surface area contributed by atoms with Crippen molar-refractivity contribution < 1.29 is 4.74 Å². The summed E-state index contributed by atoms with van der Waals surface area (Å²) in [7, 11) is 0. The first-order chi connectivity index (χ1) is 8.85. The minimum absolute atomic E-state index is 0. The summed E-state index contributed by atoms with van der Waals surface area (Å²) in [4.78, 5) is 4.53. The number of rotatable bonds is 11. The molecule has 0 saturated heterocycles. The van der Waals surface area contributed by atoms with Crippen LogP contribution in [-0.4, -0.2) is 50.8 Å². The Balaban J connectivity index is 0. The van der Waals surface area contributed by atoms with E-state index in [-0.39, 0.29) is 24.0 Å². The third-order valence-electron chi connectivity index (χ3n) is 2.33. The first-order valence-electron chi connectivity index (χ1n) is 6.94. The van der Waals surface area contributed by atoms with E-state index in [2.05, 4.69) is 28.8 Å². The maximum atomic E-state index is 5.30. The Morgan fingerprint density at radius 1 is 1.16 bits per heavy atom. The van der Waals surface area contributed by atoms with Crippen LogP contribution in [0.25, 0.3) is 0 Å². The smallest absolute Gasteiger partial charge is 0.191 e.